The van der Waals surface area contributed by atoms with Gasteiger partial charge >= 0.3 is 6.36 Å². The lowest BCUT2D eigenvalue weighted by Gasteiger charge is -2.59. The van der Waals surface area contributed by atoms with E-state index in [0.29, 0.717) is 23.7 Å². The SMILES string of the molecule is C[C@]12CC[C@H](O)C[C@@H]1CC[C@@H]1[C@@H]2CC[C@]2(C)C(=O)/C(=C/c3ccc(OC(F)(F)F)cc3)C[C@@H]12. The number of ether oxygens (including phenoxy) is 1. The molecule has 1 N–H and O–H groups in total. The zero-order chi connectivity index (χ0) is 23.6. The van der Waals surface area contributed by atoms with Crippen LogP contribution in [0.1, 0.15) is 70.8 Å². The van der Waals surface area contributed by atoms with E-state index in [1.54, 1.807) is 12.1 Å². The first-order valence-electron chi connectivity index (χ1n) is 12.3. The number of Topliss-reactive ketones (excluding diaryl/α,β-unsaturated/α-hetero) is 1. The molecule has 0 saturated heterocycles. The van der Waals surface area contributed by atoms with E-state index in [1.807, 2.05) is 6.08 Å². The van der Waals surface area contributed by atoms with E-state index >= 15 is 0 Å². The number of hydrogen-bond donors (Lipinski definition) is 1. The molecule has 0 radical (unpaired) electrons. The number of benzene rings is 1. The fourth-order valence-electron chi connectivity index (χ4n) is 8.00. The second-order valence-electron chi connectivity index (χ2n) is 11.4. The maximum Gasteiger partial charge on any atom is 0.573 e. The summed E-state index contributed by atoms with van der Waals surface area (Å²) >= 11 is 0. The summed E-state index contributed by atoms with van der Waals surface area (Å²) in [4.78, 5) is 13.5. The fraction of sp³-hybridized carbons (Fsp3) is 0.667. The van der Waals surface area contributed by atoms with Gasteiger partial charge in [-0.15, -0.1) is 13.2 Å². The summed E-state index contributed by atoms with van der Waals surface area (Å²) in [5.74, 6) is 2.00. The van der Waals surface area contributed by atoms with Gasteiger partial charge in [0.05, 0.1) is 6.10 Å². The number of halogens is 3. The lowest BCUT2D eigenvalue weighted by molar-refractivity contribution is -0.274. The molecule has 0 spiro atoms. The Bertz CT molecular complexity index is 952. The molecule has 33 heavy (non-hydrogen) atoms. The fourth-order valence-corrected chi connectivity index (χ4v) is 8.00. The zero-order valence-electron chi connectivity index (χ0n) is 19.3. The quantitative estimate of drug-likeness (QED) is 0.507. The van der Waals surface area contributed by atoms with Crippen molar-refractivity contribution in [2.75, 3.05) is 0 Å². The van der Waals surface area contributed by atoms with Crippen molar-refractivity contribution in [3.63, 3.8) is 0 Å². The maximum absolute atomic E-state index is 13.5. The summed E-state index contributed by atoms with van der Waals surface area (Å²) in [7, 11) is 0. The Morgan fingerprint density at radius 2 is 1.76 bits per heavy atom. The molecule has 4 saturated carbocycles. The number of rotatable bonds is 2. The van der Waals surface area contributed by atoms with Crippen molar-refractivity contribution in [2.24, 2.45) is 34.5 Å². The molecule has 0 bridgehead atoms. The standard InChI is InChI=1S/C27H33F3O3/c1-25-11-9-19(31)15-18(25)5-8-21-22(25)10-12-26(2)23(21)14-17(24(26)32)13-16-3-6-20(7-4-16)33-27(28,29)30/h3-4,6-7,13,18-19,21-23,31H,5,8-12,14-15H2,1-2H3/b17-13+/t18-,19-,21+,22-,23-,25-,26-/m0/s1. The first-order valence-corrected chi connectivity index (χ1v) is 12.3. The van der Waals surface area contributed by atoms with Crippen LogP contribution in [-0.2, 0) is 4.79 Å². The van der Waals surface area contributed by atoms with Crippen LogP contribution in [0.5, 0.6) is 5.75 Å². The van der Waals surface area contributed by atoms with Gasteiger partial charge in [0.2, 0.25) is 0 Å². The van der Waals surface area contributed by atoms with Crippen LogP contribution in [0.25, 0.3) is 6.08 Å². The summed E-state index contributed by atoms with van der Waals surface area (Å²) in [5, 5.41) is 10.2. The second-order valence-corrected chi connectivity index (χ2v) is 11.4. The second kappa shape index (κ2) is 7.86. The summed E-state index contributed by atoms with van der Waals surface area (Å²) in [5.41, 5.74) is 1.44. The van der Waals surface area contributed by atoms with Crippen LogP contribution in [0.4, 0.5) is 13.2 Å². The minimum atomic E-state index is -4.71. The molecule has 5 rings (SSSR count). The van der Waals surface area contributed by atoms with Crippen LogP contribution < -0.4 is 4.74 Å². The van der Waals surface area contributed by atoms with E-state index in [9.17, 15) is 23.1 Å². The van der Waals surface area contributed by atoms with E-state index in [0.717, 1.165) is 62.5 Å². The smallest absolute Gasteiger partial charge is 0.406 e. The third-order valence-corrected chi connectivity index (χ3v) is 9.73. The summed E-state index contributed by atoms with van der Waals surface area (Å²) in [6.45, 7) is 4.57. The third kappa shape index (κ3) is 3.92. The van der Waals surface area contributed by atoms with Crippen LogP contribution in [0.15, 0.2) is 29.8 Å². The number of fused-ring (bicyclic) bond motifs is 5. The number of aliphatic hydroxyl groups excluding tert-OH is 1. The van der Waals surface area contributed by atoms with Crippen LogP contribution in [0.3, 0.4) is 0 Å². The molecule has 0 aromatic heterocycles. The van der Waals surface area contributed by atoms with Gasteiger partial charge < -0.3 is 9.84 Å². The first-order chi connectivity index (χ1) is 15.5. The van der Waals surface area contributed by atoms with Crippen LogP contribution in [0, 0.1) is 34.5 Å². The van der Waals surface area contributed by atoms with E-state index in [4.69, 9.17) is 0 Å². The molecular formula is C27H33F3O3. The number of carbonyl (C=O) groups excluding carboxylic acids is 1. The molecule has 4 aliphatic rings. The Balaban J connectivity index is 1.37. The molecule has 7 atom stereocenters. The number of hydrogen-bond acceptors (Lipinski definition) is 3. The topological polar surface area (TPSA) is 46.5 Å². The Hall–Kier alpha value is -1.82. The normalized spacial score (nSPS) is 41.9. The van der Waals surface area contributed by atoms with Crippen molar-refractivity contribution in [3.05, 3.63) is 35.4 Å². The highest BCUT2D eigenvalue weighted by molar-refractivity contribution is 6.05. The number of alkyl halides is 3. The third-order valence-electron chi connectivity index (χ3n) is 9.73. The minimum absolute atomic E-state index is 0.163. The van der Waals surface area contributed by atoms with Crippen molar-refractivity contribution in [1.29, 1.82) is 0 Å². The van der Waals surface area contributed by atoms with E-state index < -0.39 is 6.36 Å². The number of aliphatic hydroxyl groups is 1. The van der Waals surface area contributed by atoms with E-state index in [-0.39, 0.29) is 28.5 Å². The average molecular weight is 463 g/mol. The van der Waals surface area contributed by atoms with Crippen LogP contribution in [0.2, 0.25) is 0 Å². The number of allylic oxidation sites excluding steroid dienone is 1. The van der Waals surface area contributed by atoms with Gasteiger partial charge in [-0.3, -0.25) is 4.79 Å². The zero-order valence-corrected chi connectivity index (χ0v) is 19.3. The van der Waals surface area contributed by atoms with Crippen molar-refractivity contribution >= 4 is 11.9 Å². The van der Waals surface area contributed by atoms with E-state index in [1.165, 1.54) is 12.1 Å². The highest BCUT2D eigenvalue weighted by atomic mass is 19.4. The molecular weight excluding hydrogens is 429 g/mol. The van der Waals surface area contributed by atoms with Gasteiger partial charge in [-0.2, -0.15) is 0 Å². The molecule has 180 valence electrons. The lowest BCUT2D eigenvalue weighted by atomic mass is 9.45. The first kappa shape index (κ1) is 22.9. The molecule has 0 heterocycles. The Morgan fingerprint density at radius 1 is 1.03 bits per heavy atom. The van der Waals surface area contributed by atoms with Gasteiger partial charge in [0.1, 0.15) is 5.75 Å². The van der Waals surface area contributed by atoms with Gasteiger partial charge in [0.15, 0.2) is 5.78 Å². The number of ketones is 1. The van der Waals surface area contributed by atoms with Crippen LogP contribution in [-0.4, -0.2) is 23.4 Å². The summed E-state index contributed by atoms with van der Waals surface area (Å²) in [6, 6.07) is 5.75. The van der Waals surface area contributed by atoms with Gasteiger partial charge in [-0.1, -0.05) is 26.0 Å². The largest absolute Gasteiger partial charge is 0.573 e. The monoisotopic (exact) mass is 462 g/mol. The highest BCUT2D eigenvalue weighted by Gasteiger charge is 2.61. The minimum Gasteiger partial charge on any atom is -0.406 e. The molecule has 4 fully saturated rings. The summed E-state index contributed by atoms with van der Waals surface area (Å²) in [6.07, 6.45) is 4.85. The molecule has 3 nitrogen and oxygen atoms in total. The molecule has 0 amide bonds. The lowest BCUT2D eigenvalue weighted by Crippen LogP contribution is -2.54. The Kier molecular flexibility index (Phi) is 5.47. The molecule has 1 aromatic rings. The molecule has 0 aliphatic heterocycles. The average Bonchev–Trinajstić information content (AvgIpc) is 2.99. The Labute approximate surface area is 193 Å². The van der Waals surface area contributed by atoms with Gasteiger partial charge in [0, 0.05) is 5.41 Å². The maximum atomic E-state index is 13.5. The van der Waals surface area contributed by atoms with Crippen molar-refractivity contribution < 1.29 is 27.8 Å². The van der Waals surface area contributed by atoms with E-state index in [2.05, 4.69) is 18.6 Å². The van der Waals surface area contributed by atoms with Crippen LogP contribution >= 0.6 is 0 Å². The highest BCUT2D eigenvalue weighted by Crippen LogP contribution is 2.66. The molecule has 0 unspecified atom stereocenters. The van der Waals surface area contributed by atoms with Crippen molar-refractivity contribution in [2.45, 2.75) is 77.7 Å². The number of carbonyl (C=O) groups is 1. The van der Waals surface area contributed by atoms with Gasteiger partial charge in [0.25, 0.3) is 0 Å². The predicted octanol–water partition coefficient (Wildman–Crippen LogP) is 6.55. The Morgan fingerprint density at radius 3 is 2.45 bits per heavy atom. The molecule has 6 heteroatoms. The van der Waals surface area contributed by atoms with Crippen molar-refractivity contribution in [1.82, 2.24) is 0 Å². The molecule has 1 aromatic carbocycles. The van der Waals surface area contributed by atoms with Gasteiger partial charge in [-0.25, -0.2) is 0 Å². The summed E-state index contributed by atoms with van der Waals surface area (Å²) < 4.78 is 41.2. The van der Waals surface area contributed by atoms with Crippen molar-refractivity contribution in [3.8, 4) is 5.75 Å². The molecule has 4 aliphatic carbocycles. The predicted molar refractivity (Wildman–Crippen MR) is 119 cm³/mol. The van der Waals surface area contributed by atoms with Gasteiger partial charge in [-0.05, 0) is 110 Å².